The molecule has 2 fully saturated rings. The van der Waals surface area contributed by atoms with Crippen molar-refractivity contribution < 1.29 is 28.7 Å². The molecule has 9 nitrogen and oxygen atoms in total. The molecule has 2 saturated heterocycles. The Bertz CT molecular complexity index is 483. The van der Waals surface area contributed by atoms with Crippen LogP contribution in [-0.2, 0) is 28.7 Å². The number of carbonyl (C=O) groups excluding carboxylic acids is 4. The maximum atomic E-state index is 11.7. The summed E-state index contributed by atoms with van der Waals surface area (Å²) in [6, 6.07) is -2.37. The molecule has 2 heterocycles. The van der Waals surface area contributed by atoms with E-state index in [1.54, 1.807) is 0 Å². The van der Waals surface area contributed by atoms with Crippen LogP contribution in [0.5, 0.6) is 0 Å². The van der Waals surface area contributed by atoms with E-state index in [2.05, 4.69) is 20.1 Å². The van der Waals surface area contributed by atoms with Gasteiger partial charge in [0.25, 0.3) is 0 Å². The average Bonchev–Trinajstić information content (AvgIpc) is 3.20. The van der Waals surface area contributed by atoms with Gasteiger partial charge >= 0.3 is 23.9 Å². The summed E-state index contributed by atoms with van der Waals surface area (Å²) in [7, 11) is 0. The second kappa shape index (κ2) is 8.14. The van der Waals surface area contributed by atoms with E-state index in [-0.39, 0.29) is 0 Å². The Morgan fingerprint density at radius 1 is 0.957 bits per heavy atom. The molecular formula is C14H21N3O6. The van der Waals surface area contributed by atoms with Gasteiger partial charge in [-0.2, -0.15) is 0 Å². The molecule has 0 amide bonds. The number of esters is 4. The van der Waals surface area contributed by atoms with Crippen LogP contribution < -0.4 is 16.4 Å². The zero-order valence-electron chi connectivity index (χ0n) is 12.7. The molecule has 0 bridgehead atoms. The van der Waals surface area contributed by atoms with E-state index in [9.17, 15) is 19.2 Å². The molecule has 2 aliphatic heterocycles. The smallest absolute Gasteiger partial charge is 0.331 e. The van der Waals surface area contributed by atoms with Crippen LogP contribution in [0.25, 0.3) is 0 Å². The summed E-state index contributed by atoms with van der Waals surface area (Å²) in [5, 5.41) is 5.78. The molecule has 2 aliphatic rings. The van der Waals surface area contributed by atoms with Gasteiger partial charge in [-0.15, -0.1) is 0 Å². The molecule has 128 valence electrons. The molecule has 4 N–H and O–H groups in total. The van der Waals surface area contributed by atoms with Crippen LogP contribution in [-0.4, -0.2) is 55.1 Å². The minimum Gasteiger partial charge on any atom is -0.392 e. The lowest BCUT2D eigenvalue weighted by Crippen LogP contribution is -2.41. The van der Waals surface area contributed by atoms with E-state index in [0.717, 1.165) is 12.8 Å². The fourth-order valence-corrected chi connectivity index (χ4v) is 2.51. The van der Waals surface area contributed by atoms with Gasteiger partial charge in [0.05, 0.1) is 6.42 Å². The highest BCUT2D eigenvalue weighted by Gasteiger charge is 2.30. The molecule has 0 aliphatic carbocycles. The number of nitrogens with one attached hydrogen (secondary N) is 2. The zero-order valence-corrected chi connectivity index (χ0v) is 12.7. The second-order valence-electron chi connectivity index (χ2n) is 5.64. The van der Waals surface area contributed by atoms with Crippen molar-refractivity contribution in [3.8, 4) is 0 Å². The first-order chi connectivity index (χ1) is 11.0. The van der Waals surface area contributed by atoms with E-state index in [1.165, 1.54) is 0 Å². The van der Waals surface area contributed by atoms with Gasteiger partial charge in [-0.25, -0.2) is 14.4 Å². The van der Waals surface area contributed by atoms with Crippen molar-refractivity contribution in [2.24, 2.45) is 5.73 Å². The first-order valence-corrected chi connectivity index (χ1v) is 7.70. The largest absolute Gasteiger partial charge is 0.392 e. The topological polar surface area (TPSA) is 137 Å². The third-order valence-electron chi connectivity index (χ3n) is 3.79. The van der Waals surface area contributed by atoms with Crippen molar-refractivity contribution in [2.45, 2.75) is 50.2 Å². The van der Waals surface area contributed by atoms with Crippen molar-refractivity contribution in [1.82, 2.24) is 10.6 Å². The summed E-state index contributed by atoms with van der Waals surface area (Å²) >= 11 is 0. The Morgan fingerprint density at radius 3 is 1.96 bits per heavy atom. The Balaban J connectivity index is 1.72. The highest BCUT2D eigenvalue weighted by molar-refractivity contribution is 5.94. The van der Waals surface area contributed by atoms with Gasteiger partial charge in [0.15, 0.2) is 0 Å². The molecule has 0 saturated carbocycles. The van der Waals surface area contributed by atoms with E-state index in [0.29, 0.717) is 25.9 Å². The first kappa shape index (κ1) is 17.5. The number of hydrogen-bond donors (Lipinski definition) is 3. The number of ether oxygens (including phenoxy) is 2. The van der Waals surface area contributed by atoms with E-state index < -0.39 is 48.4 Å². The lowest BCUT2D eigenvalue weighted by atomic mass is 10.2. The van der Waals surface area contributed by atoms with Crippen LogP contribution in [0.1, 0.15) is 32.1 Å². The molecule has 0 spiro atoms. The Kier molecular flexibility index (Phi) is 6.20. The lowest BCUT2D eigenvalue weighted by molar-refractivity contribution is -0.167. The highest BCUT2D eigenvalue weighted by Crippen LogP contribution is 2.09. The summed E-state index contributed by atoms with van der Waals surface area (Å²) in [5.74, 6) is -3.31. The normalized spacial score (nSPS) is 24.9. The first-order valence-electron chi connectivity index (χ1n) is 7.70. The van der Waals surface area contributed by atoms with Crippen LogP contribution in [0.3, 0.4) is 0 Å². The van der Waals surface area contributed by atoms with E-state index in [4.69, 9.17) is 5.73 Å². The summed E-state index contributed by atoms with van der Waals surface area (Å²) < 4.78 is 9.27. The molecule has 0 aromatic carbocycles. The van der Waals surface area contributed by atoms with Crippen molar-refractivity contribution in [3.05, 3.63) is 0 Å². The van der Waals surface area contributed by atoms with Gasteiger partial charge in [-0.3, -0.25) is 4.79 Å². The zero-order chi connectivity index (χ0) is 16.8. The van der Waals surface area contributed by atoms with Crippen LogP contribution in [0.15, 0.2) is 0 Å². The summed E-state index contributed by atoms with van der Waals surface area (Å²) in [6.07, 6.45) is 2.32. The van der Waals surface area contributed by atoms with Crippen molar-refractivity contribution >= 4 is 23.9 Å². The van der Waals surface area contributed by atoms with Crippen molar-refractivity contribution in [1.29, 1.82) is 0 Å². The van der Waals surface area contributed by atoms with Crippen LogP contribution in [0.4, 0.5) is 0 Å². The fourth-order valence-electron chi connectivity index (χ4n) is 2.51. The van der Waals surface area contributed by atoms with Crippen LogP contribution >= 0.6 is 0 Å². The van der Waals surface area contributed by atoms with Crippen molar-refractivity contribution in [2.75, 3.05) is 13.1 Å². The summed E-state index contributed by atoms with van der Waals surface area (Å²) in [5.41, 5.74) is 5.52. The van der Waals surface area contributed by atoms with Gasteiger partial charge < -0.3 is 25.8 Å². The molecule has 23 heavy (non-hydrogen) atoms. The Labute approximate surface area is 133 Å². The summed E-state index contributed by atoms with van der Waals surface area (Å²) in [6.45, 7) is 1.38. The van der Waals surface area contributed by atoms with Gasteiger partial charge in [0, 0.05) is 0 Å². The number of rotatable bonds is 5. The molecule has 0 radical (unpaired) electrons. The molecule has 0 aromatic rings. The van der Waals surface area contributed by atoms with Gasteiger partial charge in [0.2, 0.25) is 0 Å². The quantitative estimate of drug-likeness (QED) is 0.400. The molecule has 0 unspecified atom stereocenters. The number of hydrogen-bond acceptors (Lipinski definition) is 9. The monoisotopic (exact) mass is 327 g/mol. The maximum absolute atomic E-state index is 11.7. The standard InChI is InChI=1S/C14H21N3O6/c15-8(12(19)23-14(21)10-4-2-6-17-10)7-11(18)22-13(20)9-3-1-5-16-9/h8-10,16-17H,1-7,15H2/t8-,9-,10-/m0/s1. The summed E-state index contributed by atoms with van der Waals surface area (Å²) in [4.78, 5) is 46.6. The van der Waals surface area contributed by atoms with Gasteiger partial charge in [0.1, 0.15) is 18.1 Å². The lowest BCUT2D eigenvalue weighted by Gasteiger charge is -2.13. The third-order valence-corrected chi connectivity index (χ3v) is 3.79. The van der Waals surface area contributed by atoms with Crippen LogP contribution in [0, 0.1) is 0 Å². The number of nitrogens with two attached hydrogens (primary N) is 1. The highest BCUT2D eigenvalue weighted by atomic mass is 16.6. The van der Waals surface area contributed by atoms with Gasteiger partial charge in [-0.05, 0) is 38.8 Å². The van der Waals surface area contributed by atoms with E-state index >= 15 is 0 Å². The molecular weight excluding hydrogens is 306 g/mol. The Morgan fingerprint density at radius 2 is 1.48 bits per heavy atom. The average molecular weight is 327 g/mol. The second-order valence-corrected chi connectivity index (χ2v) is 5.64. The Hall–Kier alpha value is -1.84. The fraction of sp³-hybridized carbons (Fsp3) is 0.714. The SMILES string of the molecule is N[C@@H](CC(=O)OC(=O)[C@@H]1CCCN1)C(=O)OC(=O)[C@@H]1CCCN1. The van der Waals surface area contributed by atoms with Crippen LogP contribution in [0.2, 0.25) is 0 Å². The molecule has 3 atom stereocenters. The third kappa shape index (κ3) is 5.08. The minimum absolute atomic E-state index is 0.503. The maximum Gasteiger partial charge on any atom is 0.331 e. The predicted molar refractivity (Wildman–Crippen MR) is 76.8 cm³/mol. The van der Waals surface area contributed by atoms with Crippen molar-refractivity contribution in [3.63, 3.8) is 0 Å². The predicted octanol–water partition coefficient (Wildman–Crippen LogP) is -1.65. The van der Waals surface area contributed by atoms with E-state index in [1.807, 2.05) is 0 Å². The molecule has 9 heteroatoms. The molecule has 0 aromatic heterocycles. The molecule has 2 rings (SSSR count). The van der Waals surface area contributed by atoms with Gasteiger partial charge in [-0.1, -0.05) is 0 Å². The number of carbonyl (C=O) groups is 4. The minimum atomic E-state index is -1.35.